The van der Waals surface area contributed by atoms with E-state index in [4.69, 9.17) is 4.74 Å². The molecule has 0 aliphatic carbocycles. The van der Waals surface area contributed by atoms with Gasteiger partial charge in [-0.1, -0.05) is 32.6 Å². The molecule has 1 aliphatic heterocycles. The molecule has 0 N–H and O–H groups in total. The van der Waals surface area contributed by atoms with E-state index in [-0.39, 0.29) is 0 Å². The summed E-state index contributed by atoms with van der Waals surface area (Å²) in [7, 11) is 0. The summed E-state index contributed by atoms with van der Waals surface area (Å²) in [6.45, 7) is 3.24. The highest BCUT2D eigenvalue weighted by Crippen LogP contribution is 2.16. The van der Waals surface area contributed by atoms with Crippen LogP contribution in [-0.2, 0) is 4.74 Å². The third kappa shape index (κ3) is 3.89. The first kappa shape index (κ1) is 8.06. The molecule has 59 valence electrons. The van der Waals surface area contributed by atoms with Crippen molar-refractivity contribution in [2.75, 3.05) is 6.61 Å². The molecule has 1 heterocycles. The molecule has 0 spiro atoms. The third-order valence-electron chi connectivity index (χ3n) is 1.84. The van der Waals surface area contributed by atoms with Crippen molar-refractivity contribution in [2.24, 2.45) is 0 Å². The summed E-state index contributed by atoms with van der Waals surface area (Å²) in [5, 5.41) is 0. The van der Waals surface area contributed by atoms with Crippen molar-refractivity contribution in [3.63, 3.8) is 0 Å². The van der Waals surface area contributed by atoms with Crippen molar-refractivity contribution in [1.29, 1.82) is 0 Å². The molecular weight excluding hydrogens is 124 g/mol. The zero-order chi connectivity index (χ0) is 7.23. The second kappa shape index (κ2) is 4.73. The first-order valence-corrected chi connectivity index (χ1v) is 4.36. The van der Waals surface area contributed by atoms with Crippen molar-refractivity contribution in [1.82, 2.24) is 0 Å². The predicted octanol–water partition coefficient (Wildman–Crippen LogP) is 2.56. The van der Waals surface area contributed by atoms with Crippen molar-refractivity contribution in [2.45, 2.75) is 45.1 Å². The first-order chi connectivity index (χ1) is 4.93. The molecule has 10 heavy (non-hydrogen) atoms. The van der Waals surface area contributed by atoms with Gasteiger partial charge in [0.25, 0.3) is 0 Å². The van der Waals surface area contributed by atoms with E-state index in [0.29, 0.717) is 6.10 Å². The van der Waals surface area contributed by atoms with Crippen LogP contribution in [0.4, 0.5) is 0 Å². The van der Waals surface area contributed by atoms with Gasteiger partial charge >= 0.3 is 0 Å². The van der Waals surface area contributed by atoms with Crippen LogP contribution >= 0.6 is 0 Å². The number of epoxide rings is 1. The number of ether oxygens (including phenoxy) is 1. The van der Waals surface area contributed by atoms with E-state index < -0.39 is 0 Å². The summed E-state index contributed by atoms with van der Waals surface area (Å²) in [5.41, 5.74) is 0. The van der Waals surface area contributed by atoms with Crippen LogP contribution in [0, 0.1) is 6.42 Å². The average molecular weight is 141 g/mol. The van der Waals surface area contributed by atoms with Crippen LogP contribution in [-0.4, -0.2) is 12.7 Å². The van der Waals surface area contributed by atoms with E-state index >= 15 is 0 Å². The molecule has 1 unspecified atom stereocenters. The maximum absolute atomic E-state index is 5.08. The summed E-state index contributed by atoms with van der Waals surface area (Å²) in [6.07, 6.45) is 9.51. The minimum absolute atomic E-state index is 0.599. The maximum Gasteiger partial charge on any atom is 0.0812 e. The third-order valence-corrected chi connectivity index (χ3v) is 1.84. The van der Waals surface area contributed by atoms with Crippen molar-refractivity contribution in [3.05, 3.63) is 6.42 Å². The predicted molar refractivity (Wildman–Crippen MR) is 42.8 cm³/mol. The van der Waals surface area contributed by atoms with Crippen LogP contribution in [0.15, 0.2) is 0 Å². The van der Waals surface area contributed by atoms with Gasteiger partial charge in [0.15, 0.2) is 0 Å². The second-order valence-corrected chi connectivity index (χ2v) is 2.98. The summed E-state index contributed by atoms with van der Waals surface area (Å²) in [4.78, 5) is 0. The first-order valence-electron chi connectivity index (χ1n) is 4.36. The van der Waals surface area contributed by atoms with E-state index in [9.17, 15) is 0 Å². The number of hydrogen-bond acceptors (Lipinski definition) is 1. The highest BCUT2D eigenvalue weighted by Gasteiger charge is 2.20. The number of unbranched alkanes of at least 4 members (excludes halogenated alkanes) is 4. The smallest absolute Gasteiger partial charge is 0.0812 e. The molecule has 1 atom stereocenters. The molecule has 0 bridgehead atoms. The van der Waals surface area contributed by atoms with Gasteiger partial charge in [-0.15, -0.1) is 0 Å². The molecule has 0 amide bonds. The lowest BCUT2D eigenvalue weighted by molar-refractivity contribution is 0.404. The Morgan fingerprint density at radius 2 is 2.30 bits per heavy atom. The van der Waals surface area contributed by atoms with E-state index in [1.807, 2.05) is 0 Å². The summed E-state index contributed by atoms with van der Waals surface area (Å²) in [6, 6.07) is 0. The van der Waals surface area contributed by atoms with Crippen molar-refractivity contribution >= 4 is 0 Å². The van der Waals surface area contributed by atoms with E-state index in [1.54, 1.807) is 0 Å². The summed E-state index contributed by atoms with van der Waals surface area (Å²) < 4.78 is 5.08. The van der Waals surface area contributed by atoms with E-state index in [2.05, 4.69) is 13.3 Å². The topological polar surface area (TPSA) is 12.5 Å². The number of hydrogen-bond donors (Lipinski definition) is 0. The molecule has 0 aromatic rings. The molecule has 0 saturated carbocycles. The Morgan fingerprint density at radius 1 is 1.50 bits per heavy atom. The van der Waals surface area contributed by atoms with Gasteiger partial charge in [-0.25, -0.2) is 0 Å². The van der Waals surface area contributed by atoms with Gasteiger partial charge in [-0.3, -0.25) is 0 Å². The SMILES string of the molecule is CCCCC[CH]CC1CO1. The standard InChI is InChI=1S/C9H17O/c1-2-3-4-5-6-7-9-8-10-9/h6,9H,2-5,7-8H2,1H3. The van der Waals surface area contributed by atoms with Crippen LogP contribution in [0.1, 0.15) is 39.0 Å². The minimum Gasteiger partial charge on any atom is -0.373 e. The normalized spacial score (nSPS) is 23.1. The van der Waals surface area contributed by atoms with Gasteiger partial charge in [0.05, 0.1) is 12.7 Å². The molecule has 0 aromatic carbocycles. The monoisotopic (exact) mass is 141 g/mol. The zero-order valence-corrected chi connectivity index (χ0v) is 6.81. The molecule has 1 radical (unpaired) electrons. The van der Waals surface area contributed by atoms with Crippen LogP contribution in [0.3, 0.4) is 0 Å². The van der Waals surface area contributed by atoms with E-state index in [1.165, 1.54) is 32.1 Å². The molecule has 1 rings (SSSR count). The van der Waals surface area contributed by atoms with Gasteiger partial charge in [0, 0.05) is 0 Å². The highest BCUT2D eigenvalue weighted by atomic mass is 16.6. The van der Waals surface area contributed by atoms with Crippen LogP contribution in [0.5, 0.6) is 0 Å². The number of rotatable bonds is 6. The highest BCUT2D eigenvalue weighted by molar-refractivity contribution is 4.77. The lowest BCUT2D eigenvalue weighted by atomic mass is 10.1. The van der Waals surface area contributed by atoms with E-state index in [0.717, 1.165) is 6.61 Å². The Hall–Kier alpha value is -0.0400. The van der Waals surface area contributed by atoms with Crippen LogP contribution in [0.25, 0.3) is 0 Å². The second-order valence-electron chi connectivity index (χ2n) is 2.98. The van der Waals surface area contributed by atoms with Gasteiger partial charge in [0.1, 0.15) is 0 Å². The summed E-state index contributed by atoms with van der Waals surface area (Å²) in [5.74, 6) is 0. The Balaban J connectivity index is 1.68. The van der Waals surface area contributed by atoms with Gasteiger partial charge in [-0.2, -0.15) is 0 Å². The molecular formula is C9H17O. The molecule has 0 aromatic heterocycles. The lowest BCUT2D eigenvalue weighted by Gasteiger charge is -1.95. The Labute approximate surface area is 63.8 Å². The quantitative estimate of drug-likeness (QED) is 0.409. The average Bonchev–Trinajstić information content (AvgIpc) is 2.71. The fourth-order valence-corrected chi connectivity index (χ4v) is 1.05. The van der Waals surface area contributed by atoms with Gasteiger partial charge in [0.2, 0.25) is 0 Å². The fraction of sp³-hybridized carbons (Fsp3) is 0.889. The fourth-order valence-electron chi connectivity index (χ4n) is 1.05. The van der Waals surface area contributed by atoms with Gasteiger partial charge < -0.3 is 4.74 Å². The Bertz CT molecular complexity index is 76.8. The minimum atomic E-state index is 0.599. The van der Waals surface area contributed by atoms with Crippen molar-refractivity contribution < 1.29 is 4.74 Å². The largest absolute Gasteiger partial charge is 0.373 e. The maximum atomic E-state index is 5.08. The van der Waals surface area contributed by atoms with Crippen molar-refractivity contribution in [3.8, 4) is 0 Å². The van der Waals surface area contributed by atoms with Crippen LogP contribution in [0.2, 0.25) is 0 Å². The Morgan fingerprint density at radius 3 is 2.90 bits per heavy atom. The molecule has 1 heteroatoms. The van der Waals surface area contributed by atoms with Crippen LogP contribution < -0.4 is 0 Å². The van der Waals surface area contributed by atoms with Gasteiger partial charge in [-0.05, 0) is 12.8 Å². The Kier molecular flexibility index (Phi) is 3.81. The molecule has 1 saturated heterocycles. The molecule has 1 fully saturated rings. The molecule has 1 aliphatic rings. The lowest BCUT2D eigenvalue weighted by Crippen LogP contribution is -1.86. The summed E-state index contributed by atoms with van der Waals surface area (Å²) >= 11 is 0. The molecule has 1 nitrogen and oxygen atoms in total. The zero-order valence-electron chi connectivity index (χ0n) is 6.81.